The molecule has 6 nitrogen and oxygen atoms in total. The van der Waals surface area contributed by atoms with Crippen LogP contribution in [0.4, 0.5) is 10.5 Å². The number of amides is 2. The SMILES string of the molecule is COc1cc(OC)c(NC(=O)N2Cc3ccccc3-n3cccc3[C@H]2c2ccccc2)cc1Cl. The molecule has 0 radical (unpaired) electrons. The highest BCUT2D eigenvalue weighted by Gasteiger charge is 2.33. The van der Waals surface area contributed by atoms with Gasteiger partial charge in [-0.25, -0.2) is 4.79 Å². The first-order valence-corrected chi connectivity index (χ1v) is 11.3. The van der Waals surface area contributed by atoms with Gasteiger partial charge in [0.1, 0.15) is 11.5 Å². The Morgan fingerprint density at radius 1 is 0.941 bits per heavy atom. The monoisotopic (exact) mass is 473 g/mol. The lowest BCUT2D eigenvalue weighted by atomic mass is 10.0. The van der Waals surface area contributed by atoms with E-state index in [2.05, 4.69) is 28.1 Å². The molecule has 0 saturated heterocycles. The molecule has 1 atom stereocenters. The number of ether oxygens (including phenoxy) is 2. The van der Waals surface area contributed by atoms with E-state index in [1.807, 2.05) is 59.6 Å². The number of para-hydroxylation sites is 1. The topological polar surface area (TPSA) is 55.7 Å². The molecule has 4 aromatic rings. The minimum absolute atomic E-state index is 0.266. The van der Waals surface area contributed by atoms with E-state index in [1.54, 1.807) is 19.2 Å². The zero-order valence-corrected chi connectivity index (χ0v) is 19.6. The average molecular weight is 474 g/mol. The summed E-state index contributed by atoms with van der Waals surface area (Å²) in [4.78, 5) is 15.7. The fourth-order valence-corrected chi connectivity index (χ4v) is 4.71. The lowest BCUT2D eigenvalue weighted by Crippen LogP contribution is -2.38. The van der Waals surface area contributed by atoms with Crippen LogP contribution in [0.2, 0.25) is 5.02 Å². The summed E-state index contributed by atoms with van der Waals surface area (Å²) in [6, 6.07) is 25.0. The Hall–Kier alpha value is -3.90. The number of carbonyl (C=O) groups is 1. The molecule has 0 aliphatic carbocycles. The van der Waals surface area contributed by atoms with Gasteiger partial charge >= 0.3 is 6.03 Å². The first kappa shape index (κ1) is 21.9. The van der Waals surface area contributed by atoms with Crippen molar-refractivity contribution in [3.8, 4) is 17.2 Å². The van der Waals surface area contributed by atoms with E-state index in [-0.39, 0.29) is 12.1 Å². The van der Waals surface area contributed by atoms with E-state index in [1.165, 1.54) is 7.11 Å². The number of aromatic nitrogens is 1. The molecule has 1 aliphatic rings. The number of benzene rings is 3. The van der Waals surface area contributed by atoms with Crippen LogP contribution >= 0.6 is 11.6 Å². The third kappa shape index (κ3) is 3.86. The number of methoxy groups -OCH3 is 2. The molecule has 0 spiro atoms. The molecule has 5 rings (SSSR count). The smallest absolute Gasteiger partial charge is 0.323 e. The third-order valence-corrected chi connectivity index (χ3v) is 6.35. The highest BCUT2D eigenvalue weighted by molar-refractivity contribution is 6.32. The number of fused-ring (bicyclic) bond motifs is 3. The maximum Gasteiger partial charge on any atom is 0.323 e. The molecular weight excluding hydrogens is 450 g/mol. The Morgan fingerprint density at radius 2 is 1.68 bits per heavy atom. The summed E-state index contributed by atoms with van der Waals surface area (Å²) in [6.07, 6.45) is 2.04. The normalized spacial score (nSPS) is 14.6. The number of hydrogen-bond donors (Lipinski definition) is 1. The highest BCUT2D eigenvalue weighted by Crippen LogP contribution is 2.39. The lowest BCUT2D eigenvalue weighted by Gasteiger charge is -2.31. The van der Waals surface area contributed by atoms with Crippen molar-refractivity contribution >= 4 is 23.3 Å². The van der Waals surface area contributed by atoms with Crippen LogP contribution in [-0.4, -0.2) is 29.7 Å². The Balaban J connectivity index is 1.61. The molecule has 7 heteroatoms. The van der Waals surface area contributed by atoms with E-state index >= 15 is 0 Å². The fraction of sp³-hybridized carbons (Fsp3) is 0.148. The van der Waals surface area contributed by atoms with E-state index in [0.29, 0.717) is 28.8 Å². The molecule has 34 heavy (non-hydrogen) atoms. The summed E-state index contributed by atoms with van der Waals surface area (Å²) in [7, 11) is 3.08. The molecule has 1 N–H and O–H groups in total. The van der Waals surface area contributed by atoms with Gasteiger partial charge in [0.15, 0.2) is 0 Å². The molecule has 1 aromatic heterocycles. The summed E-state index contributed by atoms with van der Waals surface area (Å²) in [5, 5.41) is 3.40. The molecular formula is C27H24ClN3O3. The number of carbonyl (C=O) groups excluding carboxylic acids is 1. The van der Waals surface area contributed by atoms with Gasteiger partial charge in [0.05, 0.1) is 43.2 Å². The van der Waals surface area contributed by atoms with Gasteiger partial charge in [-0.15, -0.1) is 0 Å². The zero-order valence-electron chi connectivity index (χ0n) is 18.9. The molecule has 0 fully saturated rings. The first-order valence-electron chi connectivity index (χ1n) is 10.9. The lowest BCUT2D eigenvalue weighted by molar-refractivity contribution is 0.194. The van der Waals surface area contributed by atoms with Gasteiger partial charge in [-0.2, -0.15) is 0 Å². The van der Waals surface area contributed by atoms with Crippen molar-refractivity contribution in [1.82, 2.24) is 9.47 Å². The van der Waals surface area contributed by atoms with E-state index in [9.17, 15) is 4.79 Å². The van der Waals surface area contributed by atoms with Crippen molar-refractivity contribution in [1.29, 1.82) is 0 Å². The standard InChI is InChI=1S/C27H24ClN3O3/c1-33-24-16-25(34-2)21(15-20(24)28)29-27(32)31-17-19-11-6-7-12-22(19)30-14-8-13-23(30)26(31)18-9-4-3-5-10-18/h3-16,26H,17H2,1-2H3,(H,29,32)/t26-/m1/s1. The van der Waals surface area contributed by atoms with Crippen LogP contribution < -0.4 is 14.8 Å². The van der Waals surface area contributed by atoms with Crippen molar-refractivity contribution in [3.63, 3.8) is 0 Å². The van der Waals surface area contributed by atoms with Crippen molar-refractivity contribution in [2.24, 2.45) is 0 Å². The van der Waals surface area contributed by atoms with Gasteiger partial charge in [-0.1, -0.05) is 60.1 Å². The van der Waals surface area contributed by atoms with Crippen LogP contribution in [0.5, 0.6) is 11.5 Å². The third-order valence-electron chi connectivity index (χ3n) is 6.06. The second-order valence-electron chi connectivity index (χ2n) is 7.99. The van der Waals surface area contributed by atoms with Crippen molar-refractivity contribution in [3.05, 3.63) is 107 Å². The molecule has 0 bridgehead atoms. The maximum absolute atomic E-state index is 13.9. The Morgan fingerprint density at radius 3 is 2.44 bits per heavy atom. The van der Waals surface area contributed by atoms with Crippen LogP contribution in [0, 0.1) is 0 Å². The summed E-state index contributed by atoms with van der Waals surface area (Å²) >= 11 is 6.35. The summed E-state index contributed by atoms with van der Waals surface area (Å²) in [5.74, 6) is 0.935. The van der Waals surface area contributed by atoms with Gasteiger partial charge in [-0.05, 0) is 35.4 Å². The van der Waals surface area contributed by atoms with Crippen LogP contribution in [0.25, 0.3) is 5.69 Å². The molecule has 0 saturated carbocycles. The second-order valence-corrected chi connectivity index (χ2v) is 8.40. The molecule has 3 aromatic carbocycles. The number of nitrogens with one attached hydrogen (secondary N) is 1. The summed E-state index contributed by atoms with van der Waals surface area (Å²) in [5.41, 5.74) is 4.60. The molecule has 2 heterocycles. The van der Waals surface area contributed by atoms with Crippen molar-refractivity contribution in [2.75, 3.05) is 19.5 Å². The predicted octanol–water partition coefficient (Wildman–Crippen LogP) is 6.29. The summed E-state index contributed by atoms with van der Waals surface area (Å²) < 4.78 is 12.9. The number of halogens is 1. The van der Waals surface area contributed by atoms with Crippen LogP contribution in [0.1, 0.15) is 22.9 Å². The van der Waals surface area contributed by atoms with Crippen LogP contribution in [0.15, 0.2) is 85.1 Å². The minimum atomic E-state index is -0.302. The van der Waals surface area contributed by atoms with Gasteiger partial charge in [0.25, 0.3) is 0 Å². The van der Waals surface area contributed by atoms with E-state index in [4.69, 9.17) is 21.1 Å². The maximum atomic E-state index is 13.9. The van der Waals surface area contributed by atoms with Crippen molar-refractivity contribution in [2.45, 2.75) is 12.6 Å². The number of hydrogen-bond acceptors (Lipinski definition) is 3. The van der Waals surface area contributed by atoms with E-state index in [0.717, 1.165) is 22.5 Å². The van der Waals surface area contributed by atoms with Gasteiger partial charge in [-0.3, -0.25) is 0 Å². The fourth-order valence-electron chi connectivity index (χ4n) is 4.47. The minimum Gasteiger partial charge on any atom is -0.495 e. The summed E-state index contributed by atoms with van der Waals surface area (Å²) in [6.45, 7) is 0.426. The Kier molecular flexibility index (Phi) is 5.90. The molecule has 1 aliphatic heterocycles. The van der Waals surface area contributed by atoms with Gasteiger partial charge < -0.3 is 24.3 Å². The molecule has 2 amide bonds. The number of urea groups is 1. The Bertz CT molecular complexity index is 1340. The second kappa shape index (κ2) is 9.15. The van der Waals surface area contributed by atoms with Crippen LogP contribution in [0.3, 0.4) is 0 Å². The number of nitrogens with zero attached hydrogens (tertiary/aromatic N) is 2. The predicted molar refractivity (Wildman–Crippen MR) is 133 cm³/mol. The molecule has 172 valence electrons. The van der Waals surface area contributed by atoms with Gasteiger partial charge in [0.2, 0.25) is 0 Å². The van der Waals surface area contributed by atoms with E-state index < -0.39 is 0 Å². The zero-order chi connectivity index (χ0) is 23.7. The first-order chi connectivity index (χ1) is 16.6. The molecule has 0 unspecified atom stereocenters. The average Bonchev–Trinajstić information content (AvgIpc) is 3.29. The van der Waals surface area contributed by atoms with Crippen molar-refractivity contribution < 1.29 is 14.3 Å². The van der Waals surface area contributed by atoms with Crippen LogP contribution in [-0.2, 0) is 6.54 Å². The number of anilines is 1. The Labute approximate surface area is 203 Å². The quantitative estimate of drug-likeness (QED) is 0.379. The largest absolute Gasteiger partial charge is 0.495 e. The van der Waals surface area contributed by atoms with Gasteiger partial charge in [0, 0.05) is 18.0 Å². The highest BCUT2D eigenvalue weighted by atomic mass is 35.5. The number of rotatable bonds is 4.